The van der Waals surface area contributed by atoms with Crippen LogP contribution in [0.2, 0.25) is 0 Å². The van der Waals surface area contributed by atoms with E-state index in [0.717, 1.165) is 18.2 Å². The highest BCUT2D eigenvalue weighted by Crippen LogP contribution is 2.30. The number of halogens is 2. The van der Waals surface area contributed by atoms with Gasteiger partial charge in [0, 0.05) is 12.6 Å². The zero-order valence-corrected chi connectivity index (χ0v) is 12.8. The van der Waals surface area contributed by atoms with E-state index >= 15 is 0 Å². The first-order chi connectivity index (χ1) is 8.56. The van der Waals surface area contributed by atoms with Crippen LogP contribution in [0.4, 0.5) is 15.8 Å². The second-order valence-corrected chi connectivity index (χ2v) is 6.53. The molecular formula is C14H20FIN2. The topological polar surface area (TPSA) is 38.0 Å². The summed E-state index contributed by atoms with van der Waals surface area (Å²) in [4.78, 5) is 0. The SMILES string of the molecule is CC1CCCC(CNc2cc(F)c(I)cc2N)C1. The number of hydrogen-bond acceptors (Lipinski definition) is 2. The molecule has 0 amide bonds. The number of rotatable bonds is 3. The summed E-state index contributed by atoms with van der Waals surface area (Å²) < 4.78 is 14.1. The van der Waals surface area contributed by atoms with Crippen LogP contribution >= 0.6 is 22.6 Å². The van der Waals surface area contributed by atoms with E-state index < -0.39 is 0 Å². The highest BCUT2D eigenvalue weighted by Gasteiger charge is 2.18. The van der Waals surface area contributed by atoms with Gasteiger partial charge >= 0.3 is 0 Å². The average Bonchev–Trinajstić information content (AvgIpc) is 2.32. The second-order valence-electron chi connectivity index (χ2n) is 5.37. The molecule has 1 aromatic rings. The lowest BCUT2D eigenvalue weighted by Gasteiger charge is -2.27. The molecule has 0 aliphatic heterocycles. The Balaban J connectivity index is 1.95. The van der Waals surface area contributed by atoms with Crippen molar-refractivity contribution in [2.75, 3.05) is 17.6 Å². The normalized spacial score (nSPS) is 23.9. The molecule has 1 aliphatic carbocycles. The smallest absolute Gasteiger partial charge is 0.138 e. The number of nitrogens with one attached hydrogen (secondary N) is 1. The van der Waals surface area contributed by atoms with E-state index in [4.69, 9.17) is 5.73 Å². The number of nitrogens with two attached hydrogens (primary N) is 1. The molecule has 0 bridgehead atoms. The van der Waals surface area contributed by atoms with Crippen LogP contribution in [0.1, 0.15) is 32.6 Å². The Morgan fingerprint density at radius 2 is 2.22 bits per heavy atom. The molecule has 2 atom stereocenters. The van der Waals surface area contributed by atoms with Gasteiger partial charge in [-0.2, -0.15) is 0 Å². The molecule has 1 aliphatic rings. The predicted molar refractivity (Wildman–Crippen MR) is 83.1 cm³/mol. The van der Waals surface area contributed by atoms with Gasteiger partial charge in [0.1, 0.15) is 5.82 Å². The fourth-order valence-electron chi connectivity index (χ4n) is 2.71. The van der Waals surface area contributed by atoms with Crippen molar-refractivity contribution in [3.05, 3.63) is 21.5 Å². The minimum absolute atomic E-state index is 0.204. The van der Waals surface area contributed by atoms with Crippen LogP contribution in [0.3, 0.4) is 0 Å². The molecule has 4 heteroatoms. The van der Waals surface area contributed by atoms with Gasteiger partial charge in [0.25, 0.3) is 0 Å². The van der Waals surface area contributed by atoms with E-state index in [0.29, 0.717) is 15.2 Å². The summed E-state index contributed by atoms with van der Waals surface area (Å²) in [6, 6.07) is 3.19. The zero-order valence-electron chi connectivity index (χ0n) is 10.7. The zero-order chi connectivity index (χ0) is 13.1. The molecule has 18 heavy (non-hydrogen) atoms. The van der Waals surface area contributed by atoms with Crippen molar-refractivity contribution in [3.8, 4) is 0 Å². The first-order valence-electron chi connectivity index (χ1n) is 6.54. The number of nitrogen functional groups attached to an aromatic ring is 1. The van der Waals surface area contributed by atoms with Gasteiger partial charge in [-0.1, -0.05) is 19.8 Å². The van der Waals surface area contributed by atoms with Gasteiger partial charge in [0.15, 0.2) is 0 Å². The van der Waals surface area contributed by atoms with Gasteiger partial charge in [-0.3, -0.25) is 0 Å². The highest BCUT2D eigenvalue weighted by molar-refractivity contribution is 14.1. The lowest BCUT2D eigenvalue weighted by atomic mass is 9.82. The van der Waals surface area contributed by atoms with E-state index in [1.807, 2.05) is 22.6 Å². The van der Waals surface area contributed by atoms with Gasteiger partial charge in [0.2, 0.25) is 0 Å². The number of benzene rings is 1. The third-order valence-corrected chi connectivity index (χ3v) is 4.55. The third-order valence-electron chi connectivity index (χ3n) is 3.72. The van der Waals surface area contributed by atoms with Crippen molar-refractivity contribution < 1.29 is 4.39 Å². The Bertz CT molecular complexity index is 423. The van der Waals surface area contributed by atoms with E-state index in [2.05, 4.69) is 12.2 Å². The largest absolute Gasteiger partial charge is 0.397 e. The molecule has 1 aromatic carbocycles. The Morgan fingerprint density at radius 1 is 1.44 bits per heavy atom. The Morgan fingerprint density at radius 3 is 2.94 bits per heavy atom. The van der Waals surface area contributed by atoms with Gasteiger partial charge in [-0.25, -0.2) is 4.39 Å². The van der Waals surface area contributed by atoms with E-state index in [1.165, 1.54) is 31.7 Å². The first-order valence-corrected chi connectivity index (χ1v) is 7.62. The van der Waals surface area contributed by atoms with Crippen molar-refractivity contribution in [2.24, 2.45) is 11.8 Å². The monoisotopic (exact) mass is 362 g/mol. The molecule has 0 spiro atoms. The summed E-state index contributed by atoms with van der Waals surface area (Å²) in [5.41, 5.74) is 7.26. The maximum atomic E-state index is 13.5. The molecule has 0 aromatic heterocycles. The predicted octanol–water partition coefficient (Wildman–Crippen LogP) is 4.25. The third kappa shape index (κ3) is 3.49. The standard InChI is InChI=1S/C14H20FIN2/c1-9-3-2-4-10(5-9)8-18-14-6-11(15)12(16)7-13(14)17/h6-7,9-10,18H,2-5,8,17H2,1H3. The molecule has 1 fully saturated rings. The highest BCUT2D eigenvalue weighted by atomic mass is 127. The molecule has 2 rings (SSSR count). The van der Waals surface area contributed by atoms with E-state index in [9.17, 15) is 4.39 Å². The fourth-order valence-corrected chi connectivity index (χ4v) is 3.21. The van der Waals surface area contributed by atoms with Crippen LogP contribution in [0.5, 0.6) is 0 Å². The van der Waals surface area contributed by atoms with Gasteiger partial charge in [0.05, 0.1) is 14.9 Å². The molecule has 2 unspecified atom stereocenters. The van der Waals surface area contributed by atoms with Crippen molar-refractivity contribution in [2.45, 2.75) is 32.6 Å². The average molecular weight is 362 g/mol. The molecule has 3 N–H and O–H groups in total. The Labute approximate surface area is 122 Å². The summed E-state index contributed by atoms with van der Waals surface area (Å²) in [5, 5.41) is 3.30. The van der Waals surface area contributed by atoms with Crippen molar-refractivity contribution >= 4 is 34.0 Å². The minimum Gasteiger partial charge on any atom is -0.397 e. The quantitative estimate of drug-likeness (QED) is 0.623. The van der Waals surface area contributed by atoms with Crippen molar-refractivity contribution in [1.82, 2.24) is 0 Å². The summed E-state index contributed by atoms with van der Waals surface area (Å²) in [6.07, 6.45) is 5.19. The van der Waals surface area contributed by atoms with Gasteiger partial charge < -0.3 is 11.1 Å². The molecular weight excluding hydrogens is 342 g/mol. The van der Waals surface area contributed by atoms with Gasteiger partial charge in [-0.15, -0.1) is 0 Å². The minimum atomic E-state index is -0.204. The lowest BCUT2D eigenvalue weighted by Crippen LogP contribution is -2.21. The van der Waals surface area contributed by atoms with E-state index in [1.54, 1.807) is 6.07 Å². The maximum absolute atomic E-state index is 13.5. The summed E-state index contributed by atoms with van der Waals surface area (Å²) in [6.45, 7) is 3.21. The number of hydrogen-bond donors (Lipinski definition) is 2. The first kappa shape index (κ1) is 13.9. The summed E-state index contributed by atoms with van der Waals surface area (Å²) >= 11 is 1.96. The van der Waals surface area contributed by atoms with Crippen molar-refractivity contribution in [3.63, 3.8) is 0 Å². The van der Waals surface area contributed by atoms with Gasteiger partial charge in [-0.05, 0) is 53.3 Å². The van der Waals surface area contributed by atoms with E-state index in [-0.39, 0.29) is 5.82 Å². The summed E-state index contributed by atoms with van der Waals surface area (Å²) in [7, 11) is 0. The maximum Gasteiger partial charge on any atom is 0.138 e. The van der Waals surface area contributed by atoms with Crippen molar-refractivity contribution in [1.29, 1.82) is 0 Å². The second kappa shape index (κ2) is 6.08. The Hall–Kier alpha value is -0.520. The fraction of sp³-hybridized carbons (Fsp3) is 0.571. The Kier molecular flexibility index (Phi) is 4.70. The van der Waals surface area contributed by atoms with Crippen LogP contribution in [0.15, 0.2) is 12.1 Å². The molecule has 1 saturated carbocycles. The summed E-state index contributed by atoms with van der Waals surface area (Å²) in [5.74, 6) is 1.30. The number of anilines is 2. The molecule has 0 radical (unpaired) electrons. The molecule has 100 valence electrons. The molecule has 0 heterocycles. The molecule has 0 saturated heterocycles. The van der Waals surface area contributed by atoms with Crippen LogP contribution in [0, 0.1) is 21.2 Å². The van der Waals surface area contributed by atoms with Crippen LogP contribution in [0.25, 0.3) is 0 Å². The molecule has 2 nitrogen and oxygen atoms in total. The lowest BCUT2D eigenvalue weighted by molar-refractivity contribution is 0.293. The van der Waals surface area contributed by atoms with Crippen LogP contribution < -0.4 is 11.1 Å². The van der Waals surface area contributed by atoms with Crippen LogP contribution in [-0.4, -0.2) is 6.54 Å². The van der Waals surface area contributed by atoms with Crippen LogP contribution in [-0.2, 0) is 0 Å².